The number of likely N-dealkylation sites (N-methyl/N-ethyl adjacent to an activating group) is 2. The average Bonchev–Trinajstić information content (AvgIpc) is 2.51. The smallest absolute Gasteiger partial charge is 0.276 e. The van der Waals surface area contributed by atoms with Crippen molar-refractivity contribution in [1.82, 2.24) is 14.7 Å². The minimum atomic E-state index is -0.0540. The van der Waals surface area contributed by atoms with Gasteiger partial charge >= 0.3 is 0 Å². The lowest BCUT2D eigenvalue weighted by molar-refractivity contribution is -0.121. The molecule has 1 amide bonds. The first-order valence-corrected chi connectivity index (χ1v) is 6.12. The molecule has 0 aromatic heterocycles. The summed E-state index contributed by atoms with van der Waals surface area (Å²) in [6.45, 7) is 6.10. The van der Waals surface area contributed by atoms with Crippen molar-refractivity contribution in [1.29, 1.82) is 0 Å². The molecular weight excluding hydrogens is 234 g/mol. The summed E-state index contributed by atoms with van der Waals surface area (Å²) in [5.41, 5.74) is 0.612. The molecule has 1 rings (SSSR count). The number of amides is 1. The Kier molecular flexibility index (Phi) is 4.69. The third-order valence-corrected chi connectivity index (χ3v) is 3.37. The zero-order chi connectivity index (χ0) is 13.0. The van der Waals surface area contributed by atoms with Crippen molar-refractivity contribution < 1.29 is 4.79 Å². The minimum absolute atomic E-state index is 0.0540. The van der Waals surface area contributed by atoms with Crippen LogP contribution in [0.15, 0.2) is 24.0 Å². The van der Waals surface area contributed by atoms with Crippen molar-refractivity contribution >= 4 is 23.2 Å². The average molecular weight is 253 g/mol. The summed E-state index contributed by atoms with van der Waals surface area (Å²) in [6, 6.07) is 0. The molecule has 0 atom stereocenters. The summed E-state index contributed by atoms with van der Waals surface area (Å²) in [7, 11) is 3.50. The number of allylic oxidation sites excluding steroid dienone is 2. The quantitative estimate of drug-likeness (QED) is 0.559. The van der Waals surface area contributed by atoms with Gasteiger partial charge in [0.05, 0.1) is 0 Å². The van der Waals surface area contributed by atoms with Gasteiger partial charge in [0.25, 0.3) is 5.91 Å². The largest absolute Gasteiger partial charge is 0.378 e. The van der Waals surface area contributed by atoms with Crippen LogP contribution in [-0.2, 0) is 4.79 Å². The first-order chi connectivity index (χ1) is 8.02. The molecule has 0 aliphatic carbocycles. The Bertz CT molecular complexity index is 372. The topological polar surface area (TPSA) is 26.8 Å². The molecule has 94 valence electrons. The van der Waals surface area contributed by atoms with Gasteiger partial charge in [-0.1, -0.05) is 0 Å². The van der Waals surface area contributed by atoms with Crippen LogP contribution in [0.4, 0.5) is 0 Å². The Morgan fingerprint density at radius 3 is 2.24 bits per heavy atom. The first-order valence-electron chi connectivity index (χ1n) is 5.71. The SMILES string of the molecule is CCN(/C=C/C=C1\C(=O)N(C)C(=S)N1C)CC. The van der Waals surface area contributed by atoms with E-state index in [1.807, 2.05) is 12.3 Å². The molecule has 1 aliphatic rings. The van der Waals surface area contributed by atoms with E-state index in [1.165, 1.54) is 4.90 Å². The lowest BCUT2D eigenvalue weighted by Crippen LogP contribution is -2.26. The Morgan fingerprint density at radius 1 is 1.24 bits per heavy atom. The number of hydrogen-bond donors (Lipinski definition) is 0. The van der Waals surface area contributed by atoms with Crippen molar-refractivity contribution in [2.45, 2.75) is 13.8 Å². The minimum Gasteiger partial charge on any atom is -0.378 e. The van der Waals surface area contributed by atoms with Crippen molar-refractivity contribution in [3.05, 3.63) is 24.0 Å². The number of rotatable bonds is 4. The normalized spacial score (nSPS) is 18.9. The molecule has 0 N–H and O–H groups in total. The molecule has 0 saturated carbocycles. The van der Waals surface area contributed by atoms with E-state index in [2.05, 4.69) is 18.7 Å². The molecule has 0 bridgehead atoms. The molecule has 5 heteroatoms. The molecule has 4 nitrogen and oxygen atoms in total. The van der Waals surface area contributed by atoms with E-state index in [9.17, 15) is 4.79 Å². The predicted octanol–water partition coefficient (Wildman–Crippen LogP) is 1.41. The van der Waals surface area contributed by atoms with Crippen molar-refractivity contribution in [2.24, 2.45) is 0 Å². The molecule has 0 unspecified atom stereocenters. The van der Waals surface area contributed by atoms with Crippen molar-refractivity contribution in [3.8, 4) is 0 Å². The standard InChI is InChI=1S/C12H19N3OS/c1-5-15(6-2)9-7-8-10-11(16)14(4)12(17)13(10)3/h7-9H,5-6H2,1-4H3/b9-7+,10-8+. The van der Waals surface area contributed by atoms with Gasteiger partial charge in [-0.3, -0.25) is 9.69 Å². The Balaban J connectivity index is 2.79. The van der Waals surface area contributed by atoms with Crippen LogP contribution in [0.5, 0.6) is 0 Å². The fourth-order valence-electron chi connectivity index (χ4n) is 1.60. The maximum Gasteiger partial charge on any atom is 0.276 e. The molecule has 1 fully saturated rings. The Hall–Kier alpha value is -1.36. The summed E-state index contributed by atoms with van der Waals surface area (Å²) in [5.74, 6) is -0.0540. The molecule has 0 aromatic rings. The summed E-state index contributed by atoms with van der Waals surface area (Å²) < 4.78 is 0. The maximum atomic E-state index is 11.8. The van der Waals surface area contributed by atoms with Gasteiger partial charge in [-0.2, -0.15) is 0 Å². The first kappa shape index (κ1) is 13.7. The highest BCUT2D eigenvalue weighted by atomic mass is 32.1. The van der Waals surface area contributed by atoms with E-state index >= 15 is 0 Å². The predicted molar refractivity (Wildman–Crippen MR) is 73.3 cm³/mol. The van der Waals surface area contributed by atoms with E-state index < -0.39 is 0 Å². The maximum absolute atomic E-state index is 11.8. The van der Waals surface area contributed by atoms with Crippen LogP contribution in [0.1, 0.15) is 13.8 Å². The molecule has 0 spiro atoms. The van der Waals surface area contributed by atoms with Crippen LogP contribution in [-0.4, -0.2) is 52.9 Å². The number of carbonyl (C=O) groups is 1. The van der Waals surface area contributed by atoms with Crippen LogP contribution >= 0.6 is 12.2 Å². The van der Waals surface area contributed by atoms with Gasteiger partial charge in [-0.05, 0) is 44.4 Å². The van der Waals surface area contributed by atoms with E-state index in [1.54, 1.807) is 25.1 Å². The number of carbonyl (C=O) groups excluding carboxylic acids is 1. The fraction of sp³-hybridized carbons (Fsp3) is 0.500. The van der Waals surface area contributed by atoms with Crippen molar-refractivity contribution in [3.63, 3.8) is 0 Å². The fourth-order valence-corrected chi connectivity index (χ4v) is 1.78. The molecule has 1 heterocycles. The van der Waals surface area contributed by atoms with Gasteiger partial charge in [0, 0.05) is 27.2 Å². The van der Waals surface area contributed by atoms with Gasteiger partial charge in [-0.15, -0.1) is 0 Å². The Morgan fingerprint density at radius 2 is 1.82 bits per heavy atom. The number of nitrogens with zero attached hydrogens (tertiary/aromatic N) is 3. The summed E-state index contributed by atoms with van der Waals surface area (Å²) in [5, 5.41) is 0.539. The van der Waals surface area contributed by atoms with E-state index in [0.29, 0.717) is 10.8 Å². The zero-order valence-corrected chi connectivity index (χ0v) is 11.6. The molecule has 0 aromatic carbocycles. The number of thiocarbonyl (C=S) groups is 1. The van der Waals surface area contributed by atoms with Crippen LogP contribution in [0.25, 0.3) is 0 Å². The third kappa shape index (κ3) is 2.85. The highest BCUT2D eigenvalue weighted by molar-refractivity contribution is 7.80. The molecule has 17 heavy (non-hydrogen) atoms. The lowest BCUT2D eigenvalue weighted by atomic mass is 10.3. The van der Waals surface area contributed by atoms with Crippen LogP contribution < -0.4 is 0 Å². The van der Waals surface area contributed by atoms with Crippen LogP contribution in [0.3, 0.4) is 0 Å². The monoisotopic (exact) mass is 253 g/mol. The third-order valence-electron chi connectivity index (χ3n) is 2.82. The second-order valence-electron chi connectivity index (χ2n) is 3.82. The van der Waals surface area contributed by atoms with E-state index in [0.717, 1.165) is 13.1 Å². The zero-order valence-electron chi connectivity index (χ0n) is 10.8. The van der Waals surface area contributed by atoms with Gasteiger partial charge in [0.1, 0.15) is 5.70 Å². The van der Waals surface area contributed by atoms with Crippen LogP contribution in [0.2, 0.25) is 0 Å². The molecule has 1 saturated heterocycles. The second kappa shape index (κ2) is 5.82. The highest BCUT2D eigenvalue weighted by Crippen LogP contribution is 2.17. The molecule has 1 aliphatic heterocycles. The van der Waals surface area contributed by atoms with Gasteiger partial charge < -0.3 is 9.80 Å². The van der Waals surface area contributed by atoms with E-state index in [4.69, 9.17) is 12.2 Å². The summed E-state index contributed by atoms with van der Waals surface area (Å²) >= 11 is 5.12. The highest BCUT2D eigenvalue weighted by Gasteiger charge is 2.32. The summed E-state index contributed by atoms with van der Waals surface area (Å²) in [6.07, 6.45) is 5.67. The lowest BCUT2D eigenvalue weighted by Gasteiger charge is -2.14. The van der Waals surface area contributed by atoms with Gasteiger partial charge in [0.15, 0.2) is 5.11 Å². The summed E-state index contributed by atoms with van der Waals surface area (Å²) in [4.78, 5) is 17.2. The Labute approximate surface area is 108 Å². The van der Waals surface area contributed by atoms with Gasteiger partial charge in [-0.25, -0.2) is 0 Å². The van der Waals surface area contributed by atoms with Crippen LogP contribution in [0, 0.1) is 0 Å². The second-order valence-corrected chi connectivity index (χ2v) is 4.19. The van der Waals surface area contributed by atoms with E-state index in [-0.39, 0.29) is 5.91 Å². The molecule has 0 radical (unpaired) electrons. The van der Waals surface area contributed by atoms with Gasteiger partial charge in [0.2, 0.25) is 0 Å². The number of hydrogen-bond acceptors (Lipinski definition) is 3. The van der Waals surface area contributed by atoms with Crippen molar-refractivity contribution in [2.75, 3.05) is 27.2 Å². The molecular formula is C12H19N3OS.